The average Bonchev–Trinajstić information content (AvgIpc) is 2.27. The van der Waals surface area contributed by atoms with Gasteiger partial charge in [0.1, 0.15) is 0 Å². The van der Waals surface area contributed by atoms with Crippen molar-refractivity contribution in [3.05, 3.63) is 35.9 Å². The summed E-state index contributed by atoms with van der Waals surface area (Å²) in [6.45, 7) is 5.18. The number of nitrogens with one attached hydrogen (secondary N) is 1. The molecule has 0 radical (unpaired) electrons. The molecule has 1 fully saturated rings. The zero-order valence-corrected chi connectivity index (χ0v) is 10.9. The maximum Gasteiger partial charge on any atom is 0.0604 e. The number of hydrogen-bond acceptors (Lipinski definition) is 2. The molecule has 2 heteroatoms. The summed E-state index contributed by atoms with van der Waals surface area (Å²) < 4.78 is 5.57. The van der Waals surface area contributed by atoms with Crippen LogP contribution in [0, 0.1) is 0 Å². The van der Waals surface area contributed by atoms with Gasteiger partial charge in [0, 0.05) is 18.7 Å². The Morgan fingerprint density at radius 2 is 2.00 bits per heavy atom. The van der Waals surface area contributed by atoms with Crippen molar-refractivity contribution in [3.63, 3.8) is 0 Å². The molecule has 2 rings (SSSR count). The molecule has 2 nitrogen and oxygen atoms in total. The highest BCUT2D eigenvalue weighted by molar-refractivity contribution is 5.15. The second kappa shape index (κ2) is 6.18. The predicted octanol–water partition coefficient (Wildman–Crippen LogP) is 2.77. The largest absolute Gasteiger partial charge is 0.378 e. The molecule has 1 aromatic carbocycles. The van der Waals surface area contributed by atoms with Crippen molar-refractivity contribution >= 4 is 0 Å². The van der Waals surface area contributed by atoms with E-state index >= 15 is 0 Å². The highest BCUT2D eigenvalue weighted by atomic mass is 16.5. The lowest BCUT2D eigenvalue weighted by molar-refractivity contribution is -0.0119. The van der Waals surface area contributed by atoms with Crippen molar-refractivity contribution in [3.8, 4) is 0 Å². The molecule has 1 unspecified atom stereocenters. The molecule has 0 heterocycles. The van der Waals surface area contributed by atoms with E-state index in [1.807, 2.05) is 0 Å². The Morgan fingerprint density at radius 1 is 1.29 bits per heavy atom. The van der Waals surface area contributed by atoms with Gasteiger partial charge in [-0.2, -0.15) is 0 Å². The Morgan fingerprint density at radius 3 is 2.65 bits per heavy atom. The summed E-state index contributed by atoms with van der Waals surface area (Å²) in [5.74, 6) is 0. The van der Waals surface area contributed by atoms with Gasteiger partial charge in [-0.1, -0.05) is 30.3 Å². The summed E-state index contributed by atoms with van der Waals surface area (Å²) in [4.78, 5) is 0. The van der Waals surface area contributed by atoms with E-state index in [2.05, 4.69) is 49.5 Å². The lowest BCUT2D eigenvalue weighted by Crippen LogP contribution is -2.49. The average molecular weight is 233 g/mol. The van der Waals surface area contributed by atoms with Crippen LogP contribution in [-0.2, 0) is 11.2 Å². The van der Waals surface area contributed by atoms with Gasteiger partial charge in [-0.3, -0.25) is 0 Å². The fraction of sp³-hybridized carbons (Fsp3) is 0.600. The van der Waals surface area contributed by atoms with E-state index in [-0.39, 0.29) is 0 Å². The van der Waals surface area contributed by atoms with Gasteiger partial charge in [-0.05, 0) is 38.7 Å². The molecule has 1 saturated carbocycles. The fourth-order valence-corrected chi connectivity index (χ4v) is 2.50. The minimum Gasteiger partial charge on any atom is -0.378 e. The van der Waals surface area contributed by atoms with Crippen molar-refractivity contribution in [2.75, 3.05) is 6.61 Å². The van der Waals surface area contributed by atoms with Crippen LogP contribution in [0.5, 0.6) is 0 Å². The molecule has 0 saturated heterocycles. The molecule has 1 aromatic rings. The molecule has 0 bridgehead atoms. The molecule has 1 aliphatic rings. The number of benzene rings is 1. The summed E-state index contributed by atoms with van der Waals surface area (Å²) in [6, 6.07) is 11.9. The molecule has 0 aliphatic heterocycles. The first-order valence-electron chi connectivity index (χ1n) is 6.69. The molecule has 94 valence electrons. The molecular weight excluding hydrogens is 210 g/mol. The van der Waals surface area contributed by atoms with Crippen LogP contribution in [0.15, 0.2) is 30.3 Å². The van der Waals surface area contributed by atoms with Crippen LogP contribution >= 0.6 is 0 Å². The van der Waals surface area contributed by atoms with Gasteiger partial charge in [0.15, 0.2) is 0 Å². The highest BCUT2D eigenvalue weighted by Gasteiger charge is 2.29. The van der Waals surface area contributed by atoms with Crippen LogP contribution in [0.4, 0.5) is 0 Å². The number of ether oxygens (including phenoxy) is 1. The third-order valence-corrected chi connectivity index (χ3v) is 3.40. The van der Waals surface area contributed by atoms with Gasteiger partial charge < -0.3 is 10.1 Å². The van der Waals surface area contributed by atoms with Crippen molar-refractivity contribution in [2.45, 2.75) is 51.3 Å². The van der Waals surface area contributed by atoms with Gasteiger partial charge in [0.05, 0.1) is 6.10 Å². The fourth-order valence-electron chi connectivity index (χ4n) is 2.50. The van der Waals surface area contributed by atoms with Gasteiger partial charge in [-0.25, -0.2) is 0 Å². The third kappa shape index (κ3) is 3.83. The van der Waals surface area contributed by atoms with E-state index in [1.165, 1.54) is 18.4 Å². The zero-order valence-electron chi connectivity index (χ0n) is 10.9. The quantitative estimate of drug-likeness (QED) is 0.816. The molecular formula is C15H23NO. The van der Waals surface area contributed by atoms with E-state index < -0.39 is 0 Å². The molecule has 17 heavy (non-hydrogen) atoms. The number of hydrogen-bond donors (Lipinski definition) is 1. The molecule has 0 amide bonds. The second-order valence-corrected chi connectivity index (χ2v) is 5.00. The Bertz CT molecular complexity index is 319. The normalized spacial score (nSPS) is 25.3. The van der Waals surface area contributed by atoms with Crippen molar-refractivity contribution in [1.29, 1.82) is 0 Å². The van der Waals surface area contributed by atoms with Gasteiger partial charge >= 0.3 is 0 Å². The Balaban J connectivity index is 1.67. The lowest BCUT2D eigenvalue weighted by atomic mass is 9.88. The maximum absolute atomic E-state index is 5.57. The Kier molecular flexibility index (Phi) is 4.57. The Hall–Kier alpha value is -0.860. The van der Waals surface area contributed by atoms with E-state index in [9.17, 15) is 0 Å². The van der Waals surface area contributed by atoms with Crippen LogP contribution in [-0.4, -0.2) is 24.8 Å². The summed E-state index contributed by atoms with van der Waals surface area (Å²) in [5, 5.41) is 3.67. The molecule has 1 aliphatic carbocycles. The van der Waals surface area contributed by atoms with E-state index in [0.717, 1.165) is 13.0 Å². The minimum absolute atomic E-state index is 0.501. The summed E-state index contributed by atoms with van der Waals surface area (Å²) in [7, 11) is 0. The first-order chi connectivity index (χ1) is 8.28. The topological polar surface area (TPSA) is 21.3 Å². The Labute approximate surface area is 104 Å². The first kappa shape index (κ1) is 12.6. The summed E-state index contributed by atoms with van der Waals surface area (Å²) >= 11 is 0. The van der Waals surface area contributed by atoms with E-state index in [4.69, 9.17) is 4.74 Å². The molecule has 0 aromatic heterocycles. The third-order valence-electron chi connectivity index (χ3n) is 3.40. The molecule has 1 N–H and O–H groups in total. The van der Waals surface area contributed by atoms with Crippen LogP contribution in [0.25, 0.3) is 0 Å². The van der Waals surface area contributed by atoms with E-state index in [0.29, 0.717) is 18.2 Å². The van der Waals surface area contributed by atoms with E-state index in [1.54, 1.807) is 0 Å². The maximum atomic E-state index is 5.57. The van der Waals surface area contributed by atoms with Crippen LogP contribution in [0.3, 0.4) is 0 Å². The standard InChI is InChI=1S/C15H23NO/c1-3-17-15-10-14(11-15)16-12(2)9-13-7-5-4-6-8-13/h4-8,12,14-16H,3,9-11H2,1-2H3. The lowest BCUT2D eigenvalue weighted by Gasteiger charge is -2.37. The monoisotopic (exact) mass is 233 g/mol. The second-order valence-electron chi connectivity index (χ2n) is 5.00. The smallest absolute Gasteiger partial charge is 0.0604 e. The van der Waals surface area contributed by atoms with Gasteiger partial charge in [0.2, 0.25) is 0 Å². The van der Waals surface area contributed by atoms with Crippen molar-refractivity contribution in [1.82, 2.24) is 5.32 Å². The minimum atomic E-state index is 0.501. The van der Waals surface area contributed by atoms with Gasteiger partial charge in [-0.15, -0.1) is 0 Å². The van der Waals surface area contributed by atoms with Crippen LogP contribution in [0.1, 0.15) is 32.3 Å². The van der Waals surface area contributed by atoms with Crippen LogP contribution < -0.4 is 5.32 Å². The zero-order chi connectivity index (χ0) is 12.1. The highest BCUT2D eigenvalue weighted by Crippen LogP contribution is 2.23. The first-order valence-corrected chi connectivity index (χ1v) is 6.69. The van der Waals surface area contributed by atoms with Crippen LogP contribution in [0.2, 0.25) is 0 Å². The molecule has 0 spiro atoms. The van der Waals surface area contributed by atoms with Crippen molar-refractivity contribution < 1.29 is 4.74 Å². The number of rotatable bonds is 6. The molecule has 1 atom stereocenters. The summed E-state index contributed by atoms with van der Waals surface area (Å²) in [5.41, 5.74) is 1.41. The predicted molar refractivity (Wildman–Crippen MR) is 71.2 cm³/mol. The van der Waals surface area contributed by atoms with Gasteiger partial charge in [0.25, 0.3) is 0 Å². The SMILES string of the molecule is CCOC1CC(NC(C)Cc2ccccc2)C1. The summed E-state index contributed by atoms with van der Waals surface area (Å²) in [6.07, 6.45) is 3.96. The van der Waals surface area contributed by atoms with Crippen molar-refractivity contribution in [2.24, 2.45) is 0 Å².